The molecular formula is C11H18N2O2S. The summed E-state index contributed by atoms with van der Waals surface area (Å²) >= 11 is 1.71. The third kappa shape index (κ3) is 3.90. The molecule has 0 aromatic carbocycles. The Bertz CT molecular complexity index is 343. The molecule has 0 fully saturated rings. The summed E-state index contributed by atoms with van der Waals surface area (Å²) in [7, 11) is 3.39. The molecule has 0 atom stereocenters. The first kappa shape index (κ1) is 13.1. The van der Waals surface area contributed by atoms with Crippen LogP contribution in [0.4, 0.5) is 0 Å². The predicted molar refractivity (Wildman–Crippen MR) is 64.6 cm³/mol. The van der Waals surface area contributed by atoms with Crippen molar-refractivity contribution in [2.24, 2.45) is 0 Å². The van der Waals surface area contributed by atoms with Crippen LogP contribution in [0, 0.1) is 13.8 Å². The molecule has 0 bridgehead atoms. The Hall–Kier alpha value is -0.940. The van der Waals surface area contributed by atoms with Crippen LogP contribution in [-0.4, -0.2) is 36.6 Å². The Labute approximate surface area is 100 Å². The molecule has 0 saturated carbocycles. The summed E-state index contributed by atoms with van der Waals surface area (Å²) in [5.41, 5.74) is 1.10. The van der Waals surface area contributed by atoms with Crippen LogP contribution in [-0.2, 0) is 16.1 Å². The second-order valence-electron chi connectivity index (χ2n) is 3.81. The lowest BCUT2D eigenvalue weighted by Crippen LogP contribution is -2.21. The molecule has 4 nitrogen and oxygen atoms in total. The zero-order valence-electron chi connectivity index (χ0n) is 10.2. The number of aryl methyl sites for hydroxylation is 2. The van der Waals surface area contributed by atoms with Gasteiger partial charge >= 0.3 is 5.97 Å². The Morgan fingerprint density at radius 2 is 2.19 bits per heavy atom. The number of hydrogen-bond donors (Lipinski definition) is 0. The van der Waals surface area contributed by atoms with E-state index in [1.54, 1.807) is 11.3 Å². The Balaban J connectivity index is 2.39. The molecule has 1 rings (SSSR count). The van der Waals surface area contributed by atoms with E-state index in [0.29, 0.717) is 13.0 Å². The number of carbonyl (C=O) groups is 1. The number of rotatable bonds is 5. The smallest absolute Gasteiger partial charge is 0.306 e. The molecule has 1 aromatic heterocycles. The van der Waals surface area contributed by atoms with Gasteiger partial charge in [0.2, 0.25) is 0 Å². The first-order chi connectivity index (χ1) is 7.52. The van der Waals surface area contributed by atoms with E-state index in [-0.39, 0.29) is 5.97 Å². The van der Waals surface area contributed by atoms with Gasteiger partial charge in [0.05, 0.1) is 25.8 Å². The van der Waals surface area contributed by atoms with Crippen LogP contribution in [0.15, 0.2) is 0 Å². The first-order valence-corrected chi connectivity index (χ1v) is 6.03. The number of carbonyl (C=O) groups excluding carboxylic acids is 1. The summed E-state index contributed by atoms with van der Waals surface area (Å²) in [5.74, 6) is -0.168. The maximum atomic E-state index is 11.0. The summed E-state index contributed by atoms with van der Waals surface area (Å²) < 4.78 is 4.60. The normalized spacial score (nSPS) is 10.8. The molecule has 90 valence electrons. The topological polar surface area (TPSA) is 42.4 Å². The highest BCUT2D eigenvalue weighted by atomic mass is 32.1. The van der Waals surface area contributed by atoms with E-state index in [4.69, 9.17) is 0 Å². The van der Waals surface area contributed by atoms with E-state index in [2.05, 4.69) is 21.5 Å². The first-order valence-electron chi connectivity index (χ1n) is 5.21. The van der Waals surface area contributed by atoms with Crippen LogP contribution in [0.1, 0.15) is 22.0 Å². The summed E-state index contributed by atoms with van der Waals surface area (Å²) in [5, 5.41) is 1.10. The fourth-order valence-corrected chi connectivity index (χ4v) is 2.32. The van der Waals surface area contributed by atoms with Crippen LogP contribution < -0.4 is 0 Å². The maximum absolute atomic E-state index is 11.0. The van der Waals surface area contributed by atoms with Gasteiger partial charge in [0.15, 0.2) is 0 Å². The van der Waals surface area contributed by atoms with Gasteiger partial charge < -0.3 is 4.74 Å². The summed E-state index contributed by atoms with van der Waals surface area (Å²) in [6, 6.07) is 0. The lowest BCUT2D eigenvalue weighted by molar-refractivity contribution is -0.140. The average Bonchev–Trinajstić information content (AvgIpc) is 2.54. The predicted octanol–water partition coefficient (Wildman–Crippen LogP) is 1.75. The van der Waals surface area contributed by atoms with E-state index >= 15 is 0 Å². The Kier molecular flexibility index (Phi) is 4.89. The van der Waals surface area contributed by atoms with Crippen molar-refractivity contribution in [2.75, 3.05) is 20.7 Å². The number of aromatic nitrogens is 1. The van der Waals surface area contributed by atoms with Gasteiger partial charge in [0.1, 0.15) is 5.01 Å². The largest absolute Gasteiger partial charge is 0.469 e. The van der Waals surface area contributed by atoms with Crippen LogP contribution in [0.5, 0.6) is 0 Å². The average molecular weight is 242 g/mol. The zero-order chi connectivity index (χ0) is 12.1. The highest BCUT2D eigenvalue weighted by Gasteiger charge is 2.08. The van der Waals surface area contributed by atoms with Crippen molar-refractivity contribution < 1.29 is 9.53 Å². The lowest BCUT2D eigenvalue weighted by atomic mass is 10.4. The Morgan fingerprint density at radius 3 is 2.69 bits per heavy atom. The molecule has 0 spiro atoms. The van der Waals surface area contributed by atoms with Crippen LogP contribution in [0.2, 0.25) is 0 Å². The number of thiazole rings is 1. The molecule has 0 unspecified atom stereocenters. The van der Waals surface area contributed by atoms with Gasteiger partial charge in [-0.2, -0.15) is 0 Å². The number of hydrogen-bond acceptors (Lipinski definition) is 5. The zero-order valence-corrected chi connectivity index (χ0v) is 11.1. The van der Waals surface area contributed by atoms with E-state index < -0.39 is 0 Å². The standard InChI is InChI=1S/C11H18N2O2S/c1-8-9(2)16-10(12-8)7-13(3)6-5-11(14)15-4/h5-7H2,1-4H3. The molecule has 5 heteroatoms. The highest BCUT2D eigenvalue weighted by molar-refractivity contribution is 7.11. The molecule has 0 amide bonds. The van der Waals surface area contributed by atoms with Crippen LogP contribution in [0.25, 0.3) is 0 Å². The molecule has 0 aliphatic carbocycles. The van der Waals surface area contributed by atoms with Crippen molar-refractivity contribution in [1.82, 2.24) is 9.88 Å². The molecule has 0 aliphatic rings. The van der Waals surface area contributed by atoms with Gasteiger partial charge in [-0.25, -0.2) is 4.98 Å². The van der Waals surface area contributed by atoms with Crippen molar-refractivity contribution >= 4 is 17.3 Å². The molecule has 16 heavy (non-hydrogen) atoms. The molecule has 0 radical (unpaired) electrons. The number of ether oxygens (including phenoxy) is 1. The number of methoxy groups -OCH3 is 1. The van der Waals surface area contributed by atoms with E-state index in [0.717, 1.165) is 17.2 Å². The molecule has 0 saturated heterocycles. The fourth-order valence-electron chi connectivity index (χ4n) is 1.30. The van der Waals surface area contributed by atoms with Crippen molar-refractivity contribution in [2.45, 2.75) is 26.8 Å². The fraction of sp³-hybridized carbons (Fsp3) is 0.636. The van der Waals surface area contributed by atoms with Crippen molar-refractivity contribution in [3.63, 3.8) is 0 Å². The minimum Gasteiger partial charge on any atom is -0.469 e. The summed E-state index contributed by atoms with van der Waals surface area (Å²) in [6.07, 6.45) is 0.427. The summed E-state index contributed by atoms with van der Waals surface area (Å²) in [6.45, 7) is 5.58. The van der Waals surface area contributed by atoms with E-state index in [1.807, 2.05) is 14.0 Å². The van der Waals surface area contributed by atoms with Crippen molar-refractivity contribution in [3.8, 4) is 0 Å². The second kappa shape index (κ2) is 5.96. The highest BCUT2D eigenvalue weighted by Crippen LogP contribution is 2.17. The monoisotopic (exact) mass is 242 g/mol. The maximum Gasteiger partial charge on any atom is 0.306 e. The number of esters is 1. The molecular weight excluding hydrogens is 224 g/mol. The lowest BCUT2D eigenvalue weighted by Gasteiger charge is -2.13. The van der Waals surface area contributed by atoms with Gasteiger partial charge in [0.25, 0.3) is 0 Å². The SMILES string of the molecule is COC(=O)CCN(C)Cc1nc(C)c(C)s1. The second-order valence-corrected chi connectivity index (χ2v) is 5.10. The summed E-state index contributed by atoms with van der Waals surface area (Å²) in [4.78, 5) is 18.8. The third-order valence-electron chi connectivity index (χ3n) is 2.40. The van der Waals surface area contributed by atoms with Gasteiger partial charge in [-0.1, -0.05) is 0 Å². The molecule has 0 N–H and O–H groups in total. The molecule has 1 heterocycles. The molecule has 0 aliphatic heterocycles. The minimum atomic E-state index is -0.168. The quantitative estimate of drug-likeness (QED) is 0.738. The van der Waals surface area contributed by atoms with Gasteiger partial charge in [-0.05, 0) is 20.9 Å². The van der Waals surface area contributed by atoms with Gasteiger partial charge in [-0.3, -0.25) is 9.69 Å². The van der Waals surface area contributed by atoms with Crippen LogP contribution in [0.3, 0.4) is 0 Å². The van der Waals surface area contributed by atoms with E-state index in [1.165, 1.54) is 12.0 Å². The minimum absolute atomic E-state index is 0.168. The van der Waals surface area contributed by atoms with Gasteiger partial charge in [0, 0.05) is 11.4 Å². The van der Waals surface area contributed by atoms with Gasteiger partial charge in [-0.15, -0.1) is 11.3 Å². The van der Waals surface area contributed by atoms with Crippen molar-refractivity contribution in [3.05, 3.63) is 15.6 Å². The Morgan fingerprint density at radius 1 is 1.50 bits per heavy atom. The molecule has 1 aromatic rings. The van der Waals surface area contributed by atoms with Crippen molar-refractivity contribution in [1.29, 1.82) is 0 Å². The van der Waals surface area contributed by atoms with E-state index in [9.17, 15) is 4.79 Å². The van der Waals surface area contributed by atoms with Crippen LogP contribution >= 0.6 is 11.3 Å². The third-order valence-corrected chi connectivity index (χ3v) is 3.46. The number of nitrogens with zero attached hydrogens (tertiary/aromatic N) is 2.